The van der Waals surface area contributed by atoms with Crippen LogP contribution in [0.1, 0.15) is 29.7 Å². The van der Waals surface area contributed by atoms with E-state index in [4.69, 9.17) is 5.11 Å². The van der Waals surface area contributed by atoms with Gasteiger partial charge in [-0.25, -0.2) is 0 Å². The molecule has 102 valence electrons. The van der Waals surface area contributed by atoms with Crippen molar-refractivity contribution in [2.45, 2.75) is 33.0 Å². The van der Waals surface area contributed by atoms with Gasteiger partial charge in [0.15, 0.2) is 0 Å². The van der Waals surface area contributed by atoms with Crippen LogP contribution in [0.5, 0.6) is 0 Å². The van der Waals surface area contributed by atoms with Gasteiger partial charge in [0.2, 0.25) is 0 Å². The molecule has 0 saturated heterocycles. The topological polar surface area (TPSA) is 50.1 Å². The van der Waals surface area contributed by atoms with Crippen LogP contribution < -0.4 is 5.32 Å². The largest absolute Gasteiger partial charge is 0.394 e. The zero-order chi connectivity index (χ0) is 13.7. The first-order valence-electron chi connectivity index (χ1n) is 6.61. The average Bonchev–Trinajstić information content (AvgIpc) is 2.85. The molecule has 2 aromatic rings. The lowest BCUT2D eigenvalue weighted by Crippen LogP contribution is -2.17. The summed E-state index contributed by atoms with van der Waals surface area (Å²) in [5, 5.41) is 16.5. The zero-order valence-corrected chi connectivity index (χ0v) is 11.5. The van der Waals surface area contributed by atoms with Gasteiger partial charge < -0.3 is 10.4 Å². The number of hydrogen-bond donors (Lipinski definition) is 2. The van der Waals surface area contributed by atoms with Crippen LogP contribution in [0.3, 0.4) is 0 Å². The lowest BCUT2D eigenvalue weighted by atomic mass is 10.1. The Bertz CT molecular complexity index is 504. The number of hydrogen-bond acceptors (Lipinski definition) is 3. The van der Waals surface area contributed by atoms with Gasteiger partial charge in [0.1, 0.15) is 0 Å². The van der Waals surface area contributed by atoms with Gasteiger partial charge >= 0.3 is 0 Å². The van der Waals surface area contributed by atoms with Gasteiger partial charge in [-0.2, -0.15) is 5.10 Å². The Morgan fingerprint density at radius 2 is 2.05 bits per heavy atom. The number of aryl methyl sites for hydroxylation is 1. The summed E-state index contributed by atoms with van der Waals surface area (Å²) in [4.78, 5) is 0. The predicted molar refractivity (Wildman–Crippen MR) is 75.7 cm³/mol. The summed E-state index contributed by atoms with van der Waals surface area (Å²) in [6, 6.07) is 8.88. The van der Waals surface area contributed by atoms with Gasteiger partial charge in [0, 0.05) is 24.3 Å². The summed E-state index contributed by atoms with van der Waals surface area (Å²) in [5.41, 5.74) is 3.70. The smallest absolute Gasteiger partial charge is 0.0640 e. The Morgan fingerprint density at radius 1 is 1.32 bits per heavy atom. The van der Waals surface area contributed by atoms with Crippen molar-refractivity contribution in [1.29, 1.82) is 0 Å². The molecule has 0 aliphatic heterocycles. The SMILES string of the molecule is Cc1ccc(C(C)NCc2cnn(CCO)c2)cc1. The van der Waals surface area contributed by atoms with Gasteiger partial charge in [0.25, 0.3) is 0 Å². The first-order valence-corrected chi connectivity index (χ1v) is 6.61. The van der Waals surface area contributed by atoms with Gasteiger partial charge in [-0.1, -0.05) is 29.8 Å². The highest BCUT2D eigenvalue weighted by atomic mass is 16.3. The van der Waals surface area contributed by atoms with E-state index in [1.54, 1.807) is 4.68 Å². The van der Waals surface area contributed by atoms with Crippen LogP contribution in [0.15, 0.2) is 36.7 Å². The highest BCUT2D eigenvalue weighted by Gasteiger charge is 2.05. The highest BCUT2D eigenvalue weighted by molar-refractivity contribution is 5.23. The molecule has 0 aliphatic rings. The van der Waals surface area contributed by atoms with E-state index in [1.807, 2.05) is 12.4 Å². The molecule has 19 heavy (non-hydrogen) atoms. The molecule has 0 saturated carbocycles. The summed E-state index contributed by atoms with van der Waals surface area (Å²) in [6.07, 6.45) is 3.80. The highest BCUT2D eigenvalue weighted by Crippen LogP contribution is 2.13. The molecule has 1 aromatic heterocycles. The number of aliphatic hydroxyl groups is 1. The van der Waals surface area contributed by atoms with Crippen LogP contribution in [0, 0.1) is 6.92 Å². The minimum Gasteiger partial charge on any atom is -0.394 e. The van der Waals surface area contributed by atoms with Gasteiger partial charge in [-0.05, 0) is 19.4 Å². The fourth-order valence-electron chi connectivity index (χ4n) is 1.97. The molecule has 0 fully saturated rings. The Kier molecular flexibility index (Phi) is 4.71. The van der Waals surface area contributed by atoms with Gasteiger partial charge in [-0.15, -0.1) is 0 Å². The van der Waals surface area contributed by atoms with Crippen molar-refractivity contribution in [2.75, 3.05) is 6.61 Å². The van der Waals surface area contributed by atoms with Gasteiger partial charge in [-0.3, -0.25) is 4.68 Å². The molecule has 1 unspecified atom stereocenters. The number of nitrogens with zero attached hydrogens (tertiary/aromatic N) is 2. The maximum absolute atomic E-state index is 8.84. The maximum Gasteiger partial charge on any atom is 0.0640 e. The molecule has 1 heterocycles. The molecule has 0 bridgehead atoms. The number of aromatic nitrogens is 2. The molecule has 0 amide bonds. The van der Waals surface area contributed by atoms with E-state index in [9.17, 15) is 0 Å². The lowest BCUT2D eigenvalue weighted by molar-refractivity contribution is 0.269. The maximum atomic E-state index is 8.84. The summed E-state index contributed by atoms with van der Waals surface area (Å²) in [7, 11) is 0. The minimum absolute atomic E-state index is 0.119. The third kappa shape index (κ3) is 3.91. The second kappa shape index (κ2) is 6.50. The van der Waals surface area contributed by atoms with Gasteiger partial charge in [0.05, 0.1) is 19.3 Å². The van der Waals surface area contributed by atoms with Crippen LogP contribution in [-0.2, 0) is 13.1 Å². The van der Waals surface area contributed by atoms with E-state index in [2.05, 4.69) is 48.5 Å². The fraction of sp³-hybridized carbons (Fsp3) is 0.400. The summed E-state index contributed by atoms with van der Waals surface area (Å²) < 4.78 is 1.76. The minimum atomic E-state index is 0.119. The van der Waals surface area contributed by atoms with E-state index in [0.717, 1.165) is 12.1 Å². The number of rotatable bonds is 6. The van der Waals surface area contributed by atoms with Crippen LogP contribution in [-0.4, -0.2) is 21.5 Å². The van der Waals surface area contributed by atoms with Crippen molar-refractivity contribution >= 4 is 0 Å². The molecule has 1 atom stereocenters. The normalized spacial score (nSPS) is 12.6. The van der Waals surface area contributed by atoms with Crippen molar-refractivity contribution < 1.29 is 5.11 Å². The monoisotopic (exact) mass is 259 g/mol. The number of benzene rings is 1. The fourth-order valence-corrected chi connectivity index (χ4v) is 1.97. The van der Waals surface area contributed by atoms with Crippen molar-refractivity contribution in [3.05, 3.63) is 53.3 Å². The molecule has 4 nitrogen and oxygen atoms in total. The van der Waals surface area contributed by atoms with Crippen molar-refractivity contribution in [2.24, 2.45) is 0 Å². The summed E-state index contributed by atoms with van der Waals surface area (Å²) in [6.45, 7) is 5.70. The molecule has 0 aliphatic carbocycles. The van der Waals surface area contributed by atoms with E-state index in [0.29, 0.717) is 12.6 Å². The summed E-state index contributed by atoms with van der Waals surface area (Å²) in [5.74, 6) is 0. The average molecular weight is 259 g/mol. The standard InChI is InChI=1S/C15H21N3O/c1-12-3-5-15(6-4-12)13(2)16-9-14-10-17-18(11-14)7-8-19/h3-6,10-11,13,16,19H,7-9H2,1-2H3. The van der Waals surface area contributed by atoms with Crippen molar-refractivity contribution in [3.63, 3.8) is 0 Å². The lowest BCUT2D eigenvalue weighted by Gasteiger charge is -2.13. The third-order valence-corrected chi connectivity index (χ3v) is 3.21. The second-order valence-electron chi connectivity index (χ2n) is 4.85. The Hall–Kier alpha value is -1.65. The molecular weight excluding hydrogens is 238 g/mol. The van der Waals surface area contributed by atoms with E-state index in [1.165, 1.54) is 11.1 Å². The third-order valence-electron chi connectivity index (χ3n) is 3.21. The Labute approximate surface area is 114 Å². The Morgan fingerprint density at radius 3 is 2.74 bits per heavy atom. The van der Waals surface area contributed by atoms with Crippen molar-refractivity contribution in [1.82, 2.24) is 15.1 Å². The molecule has 1 aromatic carbocycles. The molecular formula is C15H21N3O. The van der Waals surface area contributed by atoms with Crippen LogP contribution in [0.4, 0.5) is 0 Å². The number of nitrogens with one attached hydrogen (secondary N) is 1. The van der Waals surface area contributed by atoms with E-state index < -0.39 is 0 Å². The first-order chi connectivity index (χ1) is 9.19. The summed E-state index contributed by atoms with van der Waals surface area (Å²) >= 11 is 0. The molecule has 2 rings (SSSR count). The van der Waals surface area contributed by atoms with Crippen molar-refractivity contribution in [3.8, 4) is 0 Å². The molecule has 2 N–H and O–H groups in total. The quantitative estimate of drug-likeness (QED) is 0.834. The van der Waals surface area contributed by atoms with E-state index in [-0.39, 0.29) is 6.61 Å². The second-order valence-corrected chi connectivity index (χ2v) is 4.85. The molecule has 0 spiro atoms. The Balaban J connectivity index is 1.88. The predicted octanol–water partition coefficient (Wildman–Crippen LogP) is 2.03. The first kappa shape index (κ1) is 13.8. The number of aliphatic hydroxyl groups excluding tert-OH is 1. The van der Waals surface area contributed by atoms with E-state index >= 15 is 0 Å². The van der Waals surface area contributed by atoms with Crippen LogP contribution >= 0.6 is 0 Å². The van der Waals surface area contributed by atoms with Crippen LogP contribution in [0.2, 0.25) is 0 Å². The van der Waals surface area contributed by atoms with Crippen LogP contribution in [0.25, 0.3) is 0 Å². The molecule has 4 heteroatoms. The zero-order valence-electron chi connectivity index (χ0n) is 11.5. The molecule has 0 radical (unpaired) electrons.